The van der Waals surface area contributed by atoms with E-state index in [1.165, 1.54) is 0 Å². The summed E-state index contributed by atoms with van der Waals surface area (Å²) in [5.41, 5.74) is 2.10. The molecule has 2 amide bonds. The standard InChI is InChI=1S/C25H31N5O4S/c1-25(2,3)34-24(32)30-10-11-33-17(14-30)13-26-23-28-19-8-9-29(15-21(19)35-23)22(31)20-12-16-6-4-5-7-18(16)27-20/h4-7,12,17,27H,8-11,13-15H2,1-3H3,(H,26,28). The molecule has 35 heavy (non-hydrogen) atoms. The minimum Gasteiger partial charge on any atom is -0.444 e. The topological polar surface area (TPSA) is 99.8 Å². The second kappa shape index (κ2) is 9.50. The van der Waals surface area contributed by atoms with Crippen LogP contribution >= 0.6 is 11.3 Å². The van der Waals surface area contributed by atoms with Gasteiger partial charge in [0.05, 0.1) is 31.5 Å². The fourth-order valence-electron chi connectivity index (χ4n) is 4.34. The predicted molar refractivity (Wildman–Crippen MR) is 135 cm³/mol. The van der Waals surface area contributed by atoms with E-state index in [4.69, 9.17) is 14.5 Å². The van der Waals surface area contributed by atoms with Crippen LogP contribution in [0, 0.1) is 0 Å². The van der Waals surface area contributed by atoms with Gasteiger partial charge in [-0.15, -0.1) is 0 Å². The Balaban J connectivity index is 1.17. The van der Waals surface area contributed by atoms with Crippen LogP contribution in [0.4, 0.5) is 9.93 Å². The van der Waals surface area contributed by atoms with Gasteiger partial charge >= 0.3 is 6.09 Å². The highest BCUT2D eigenvalue weighted by atomic mass is 32.1. The van der Waals surface area contributed by atoms with Crippen molar-refractivity contribution in [1.29, 1.82) is 0 Å². The van der Waals surface area contributed by atoms with Crippen molar-refractivity contribution in [3.63, 3.8) is 0 Å². The van der Waals surface area contributed by atoms with Crippen molar-refractivity contribution in [3.05, 3.63) is 46.6 Å². The third-order valence-electron chi connectivity index (χ3n) is 6.05. The van der Waals surface area contributed by atoms with E-state index in [1.807, 2.05) is 56.0 Å². The average molecular weight is 498 g/mol. The number of carbonyl (C=O) groups excluding carboxylic acids is 2. The molecular formula is C25H31N5O4S. The number of rotatable bonds is 4. The number of hydrogen-bond donors (Lipinski definition) is 2. The first-order chi connectivity index (χ1) is 16.7. The maximum atomic E-state index is 13.1. The van der Waals surface area contributed by atoms with E-state index in [0.717, 1.165) is 33.0 Å². The quantitative estimate of drug-likeness (QED) is 0.568. The maximum Gasteiger partial charge on any atom is 0.410 e. The lowest BCUT2D eigenvalue weighted by molar-refractivity contribution is -0.0371. The molecule has 0 saturated carbocycles. The molecule has 3 aromatic rings. The molecule has 1 aromatic carbocycles. The molecule has 0 spiro atoms. The lowest BCUT2D eigenvalue weighted by Gasteiger charge is -2.34. The number of aromatic nitrogens is 2. The van der Waals surface area contributed by atoms with E-state index >= 15 is 0 Å². The number of morpholine rings is 1. The summed E-state index contributed by atoms with van der Waals surface area (Å²) in [4.78, 5) is 38.1. The Hall–Kier alpha value is -3.11. The summed E-state index contributed by atoms with van der Waals surface area (Å²) in [5, 5.41) is 5.21. The number of hydrogen-bond acceptors (Lipinski definition) is 7. The Labute approximate surface area is 208 Å². The van der Waals surface area contributed by atoms with Crippen LogP contribution in [0.25, 0.3) is 10.9 Å². The third-order valence-corrected chi connectivity index (χ3v) is 7.09. The van der Waals surface area contributed by atoms with E-state index in [2.05, 4.69) is 10.3 Å². The van der Waals surface area contributed by atoms with Crippen molar-refractivity contribution in [1.82, 2.24) is 19.8 Å². The van der Waals surface area contributed by atoms with Crippen LogP contribution in [0.5, 0.6) is 0 Å². The highest BCUT2D eigenvalue weighted by Gasteiger charge is 2.29. The van der Waals surface area contributed by atoms with Gasteiger partial charge in [0, 0.05) is 41.8 Å². The molecule has 0 aliphatic carbocycles. The van der Waals surface area contributed by atoms with E-state index in [0.29, 0.717) is 45.0 Å². The van der Waals surface area contributed by atoms with Gasteiger partial charge in [-0.1, -0.05) is 29.5 Å². The summed E-state index contributed by atoms with van der Waals surface area (Å²) >= 11 is 1.57. The van der Waals surface area contributed by atoms with Crippen LogP contribution in [-0.2, 0) is 22.4 Å². The van der Waals surface area contributed by atoms with Gasteiger partial charge in [-0.25, -0.2) is 9.78 Å². The molecule has 2 aliphatic rings. The molecule has 10 heteroatoms. The first kappa shape index (κ1) is 23.6. The molecular weight excluding hydrogens is 466 g/mol. The van der Waals surface area contributed by atoms with Crippen LogP contribution < -0.4 is 5.32 Å². The monoisotopic (exact) mass is 497 g/mol. The Morgan fingerprint density at radius 2 is 2.09 bits per heavy atom. The molecule has 1 atom stereocenters. The van der Waals surface area contributed by atoms with Gasteiger partial charge in [0.15, 0.2) is 5.13 Å². The van der Waals surface area contributed by atoms with E-state index in [9.17, 15) is 9.59 Å². The molecule has 1 unspecified atom stereocenters. The molecule has 2 aliphatic heterocycles. The molecule has 5 rings (SSSR count). The number of aromatic amines is 1. The Morgan fingerprint density at radius 1 is 1.26 bits per heavy atom. The molecule has 0 bridgehead atoms. The number of nitrogens with zero attached hydrogens (tertiary/aromatic N) is 3. The molecule has 186 valence electrons. The van der Waals surface area contributed by atoms with Gasteiger partial charge in [0.1, 0.15) is 11.3 Å². The van der Waals surface area contributed by atoms with E-state index < -0.39 is 5.60 Å². The summed E-state index contributed by atoms with van der Waals surface area (Å²) < 4.78 is 11.3. The van der Waals surface area contributed by atoms with Crippen LogP contribution in [-0.4, -0.2) is 76.3 Å². The summed E-state index contributed by atoms with van der Waals surface area (Å²) in [7, 11) is 0. The van der Waals surface area contributed by atoms with Crippen molar-refractivity contribution in [2.75, 3.05) is 38.1 Å². The second-order valence-electron chi connectivity index (χ2n) is 9.94. The first-order valence-electron chi connectivity index (χ1n) is 11.9. The fourth-order valence-corrected chi connectivity index (χ4v) is 5.37. The van der Waals surface area contributed by atoms with E-state index in [-0.39, 0.29) is 18.1 Å². The van der Waals surface area contributed by atoms with E-state index in [1.54, 1.807) is 16.2 Å². The summed E-state index contributed by atoms with van der Waals surface area (Å²) in [6.45, 7) is 8.80. The second-order valence-corrected chi connectivity index (χ2v) is 11.0. The van der Waals surface area contributed by atoms with Crippen molar-refractivity contribution in [3.8, 4) is 0 Å². The smallest absolute Gasteiger partial charge is 0.410 e. The Morgan fingerprint density at radius 3 is 2.89 bits per heavy atom. The van der Waals surface area contributed by atoms with Gasteiger partial charge in [-0.3, -0.25) is 4.79 Å². The molecule has 1 saturated heterocycles. The van der Waals surface area contributed by atoms with Crippen molar-refractivity contribution >= 4 is 39.4 Å². The predicted octanol–water partition coefficient (Wildman–Crippen LogP) is 3.87. The Bertz CT molecular complexity index is 1200. The van der Waals surface area contributed by atoms with Gasteiger partial charge in [0.2, 0.25) is 0 Å². The highest BCUT2D eigenvalue weighted by molar-refractivity contribution is 7.15. The number of H-pyrrole nitrogens is 1. The minimum atomic E-state index is -0.521. The lowest BCUT2D eigenvalue weighted by atomic mass is 10.1. The molecule has 9 nitrogen and oxygen atoms in total. The molecule has 1 fully saturated rings. The van der Waals surface area contributed by atoms with Gasteiger partial charge in [-0.2, -0.15) is 0 Å². The summed E-state index contributed by atoms with van der Waals surface area (Å²) in [6, 6.07) is 9.82. The number of fused-ring (bicyclic) bond motifs is 2. The maximum absolute atomic E-state index is 13.1. The first-order valence-corrected chi connectivity index (χ1v) is 12.8. The number of anilines is 1. The number of benzene rings is 1. The molecule has 4 heterocycles. The number of nitrogens with one attached hydrogen (secondary N) is 2. The number of carbonyl (C=O) groups is 2. The van der Waals surface area contributed by atoms with Crippen LogP contribution in [0.3, 0.4) is 0 Å². The van der Waals surface area contributed by atoms with Crippen molar-refractivity contribution < 1.29 is 19.1 Å². The Kier molecular flexibility index (Phi) is 6.41. The molecule has 2 aromatic heterocycles. The van der Waals surface area contributed by atoms with Crippen LogP contribution in [0.1, 0.15) is 41.8 Å². The highest BCUT2D eigenvalue weighted by Crippen LogP contribution is 2.29. The van der Waals surface area contributed by atoms with Gasteiger partial charge < -0.3 is 29.6 Å². The van der Waals surface area contributed by atoms with Crippen molar-refractivity contribution in [2.24, 2.45) is 0 Å². The van der Waals surface area contributed by atoms with Crippen molar-refractivity contribution in [2.45, 2.75) is 45.4 Å². The molecule has 0 radical (unpaired) electrons. The number of para-hydroxylation sites is 1. The summed E-state index contributed by atoms with van der Waals surface area (Å²) in [6.07, 6.45) is 0.277. The zero-order chi connectivity index (χ0) is 24.6. The lowest BCUT2D eigenvalue weighted by Crippen LogP contribution is -2.49. The normalized spacial score (nSPS) is 18.4. The third kappa shape index (κ3) is 5.43. The largest absolute Gasteiger partial charge is 0.444 e. The SMILES string of the molecule is CC(C)(C)OC(=O)N1CCOC(CNc2nc3c(s2)CN(C(=O)c2cc4ccccc4[nH]2)CC3)C1. The van der Waals surface area contributed by atoms with Gasteiger partial charge in [-0.05, 0) is 32.9 Å². The van der Waals surface area contributed by atoms with Gasteiger partial charge in [0.25, 0.3) is 5.91 Å². The number of ether oxygens (including phenoxy) is 2. The number of thiazole rings is 1. The number of amides is 2. The minimum absolute atomic E-state index is 0.00704. The van der Waals surface area contributed by atoms with Crippen LogP contribution in [0.2, 0.25) is 0 Å². The fraction of sp³-hybridized carbons (Fsp3) is 0.480. The zero-order valence-corrected chi connectivity index (χ0v) is 21.1. The molecule has 2 N–H and O–H groups in total. The zero-order valence-electron chi connectivity index (χ0n) is 20.3. The van der Waals surface area contributed by atoms with Crippen LogP contribution in [0.15, 0.2) is 30.3 Å². The summed E-state index contributed by atoms with van der Waals surface area (Å²) in [5.74, 6) is 0.00704. The average Bonchev–Trinajstić information content (AvgIpc) is 3.44.